The molecule has 0 aromatic heterocycles. The first-order chi connectivity index (χ1) is 8.66. The van der Waals surface area contributed by atoms with Gasteiger partial charge in [0.05, 0.1) is 22.5 Å². The molecule has 0 saturated carbocycles. The van der Waals surface area contributed by atoms with Crippen LogP contribution in [0, 0.1) is 5.82 Å². The van der Waals surface area contributed by atoms with Gasteiger partial charge < -0.3 is 15.8 Å². The zero-order valence-corrected chi connectivity index (χ0v) is 11.0. The van der Waals surface area contributed by atoms with E-state index in [4.69, 9.17) is 22.1 Å². The second-order valence-corrected chi connectivity index (χ2v) is 4.96. The van der Waals surface area contributed by atoms with Gasteiger partial charge in [0.15, 0.2) is 0 Å². The number of benzene rings is 1. The molecule has 1 aliphatic heterocycles. The molecule has 100 valence electrons. The van der Waals surface area contributed by atoms with Crippen molar-refractivity contribution in [1.82, 2.24) is 0 Å². The van der Waals surface area contributed by atoms with Crippen LogP contribution in [0.5, 0.6) is 0 Å². The summed E-state index contributed by atoms with van der Waals surface area (Å²) >= 11 is 5.72. The molecule has 3 N–H and O–H groups in total. The van der Waals surface area contributed by atoms with Crippen LogP contribution in [-0.4, -0.2) is 19.3 Å². The monoisotopic (exact) mass is 272 g/mol. The molecule has 1 aromatic rings. The zero-order chi connectivity index (χ0) is 13.0. The molecule has 0 amide bonds. The van der Waals surface area contributed by atoms with E-state index in [1.54, 1.807) is 0 Å². The fourth-order valence-corrected chi connectivity index (χ4v) is 2.28. The molecule has 1 heterocycles. The van der Waals surface area contributed by atoms with Crippen molar-refractivity contribution in [2.45, 2.75) is 31.8 Å². The molecule has 1 saturated heterocycles. The number of nitrogen functional groups attached to an aromatic ring is 1. The molecule has 0 bridgehead atoms. The third-order valence-electron chi connectivity index (χ3n) is 3.15. The van der Waals surface area contributed by atoms with Crippen molar-refractivity contribution in [2.24, 2.45) is 0 Å². The molecule has 1 aromatic carbocycles. The summed E-state index contributed by atoms with van der Waals surface area (Å²) in [4.78, 5) is 0. The Morgan fingerprint density at radius 2 is 2.28 bits per heavy atom. The quantitative estimate of drug-likeness (QED) is 0.826. The Bertz CT molecular complexity index is 408. The van der Waals surface area contributed by atoms with E-state index in [9.17, 15) is 4.39 Å². The summed E-state index contributed by atoms with van der Waals surface area (Å²) in [6.07, 6.45) is 4.75. The minimum absolute atomic E-state index is 0.0839. The van der Waals surface area contributed by atoms with E-state index in [0.29, 0.717) is 17.5 Å². The molecular weight excluding hydrogens is 255 g/mol. The first-order valence-electron chi connectivity index (χ1n) is 6.27. The van der Waals surface area contributed by atoms with Gasteiger partial charge in [-0.05, 0) is 31.7 Å². The van der Waals surface area contributed by atoms with Crippen molar-refractivity contribution in [3.05, 3.63) is 23.0 Å². The van der Waals surface area contributed by atoms with Gasteiger partial charge in [-0.3, -0.25) is 0 Å². The number of ether oxygens (including phenoxy) is 1. The van der Waals surface area contributed by atoms with Crippen LogP contribution in [0.25, 0.3) is 0 Å². The van der Waals surface area contributed by atoms with Crippen molar-refractivity contribution in [3.8, 4) is 0 Å². The standard InChI is InChI=1S/C13H18ClFN2O/c14-10-7-13(12(16)8-11(10)15)17-5-4-9-3-1-2-6-18-9/h7-9,17H,1-6,16H2. The number of rotatable bonds is 4. The van der Waals surface area contributed by atoms with Crippen molar-refractivity contribution < 1.29 is 9.13 Å². The van der Waals surface area contributed by atoms with E-state index >= 15 is 0 Å². The van der Waals surface area contributed by atoms with Crippen molar-refractivity contribution >= 4 is 23.0 Å². The summed E-state index contributed by atoms with van der Waals surface area (Å²) in [5.74, 6) is -0.490. The lowest BCUT2D eigenvalue weighted by Crippen LogP contribution is -2.22. The second kappa shape index (κ2) is 6.25. The number of nitrogens with two attached hydrogens (primary N) is 1. The fraction of sp³-hybridized carbons (Fsp3) is 0.538. The predicted molar refractivity (Wildman–Crippen MR) is 72.5 cm³/mol. The highest BCUT2D eigenvalue weighted by Gasteiger charge is 2.13. The van der Waals surface area contributed by atoms with E-state index in [1.807, 2.05) is 0 Å². The Morgan fingerprint density at radius 1 is 1.44 bits per heavy atom. The van der Waals surface area contributed by atoms with Crippen LogP contribution in [0.4, 0.5) is 15.8 Å². The van der Waals surface area contributed by atoms with E-state index in [1.165, 1.54) is 18.6 Å². The van der Waals surface area contributed by atoms with Gasteiger partial charge in [0.25, 0.3) is 0 Å². The maximum atomic E-state index is 13.1. The Balaban J connectivity index is 1.84. The van der Waals surface area contributed by atoms with Crippen molar-refractivity contribution in [1.29, 1.82) is 0 Å². The maximum Gasteiger partial charge on any atom is 0.143 e. The minimum atomic E-state index is -0.490. The van der Waals surface area contributed by atoms with E-state index in [-0.39, 0.29) is 5.02 Å². The summed E-state index contributed by atoms with van der Waals surface area (Å²) in [5, 5.41) is 3.26. The third kappa shape index (κ3) is 3.50. The van der Waals surface area contributed by atoms with Crippen LogP contribution >= 0.6 is 11.6 Å². The Morgan fingerprint density at radius 3 is 3.00 bits per heavy atom. The van der Waals surface area contributed by atoms with Crippen LogP contribution in [0.1, 0.15) is 25.7 Å². The molecule has 5 heteroatoms. The molecule has 1 aliphatic rings. The van der Waals surface area contributed by atoms with Crippen LogP contribution in [0.2, 0.25) is 5.02 Å². The molecule has 18 heavy (non-hydrogen) atoms. The van der Waals surface area contributed by atoms with E-state index in [2.05, 4.69) is 5.32 Å². The highest BCUT2D eigenvalue weighted by atomic mass is 35.5. The summed E-state index contributed by atoms with van der Waals surface area (Å²) in [5.41, 5.74) is 6.77. The predicted octanol–water partition coefficient (Wildman–Crippen LogP) is 3.43. The van der Waals surface area contributed by atoms with Gasteiger partial charge in [0.2, 0.25) is 0 Å². The first kappa shape index (κ1) is 13.4. The number of anilines is 2. The average Bonchev–Trinajstić information content (AvgIpc) is 2.37. The normalized spacial score (nSPS) is 19.8. The van der Waals surface area contributed by atoms with Crippen LogP contribution in [0.3, 0.4) is 0 Å². The molecule has 3 nitrogen and oxygen atoms in total. The lowest BCUT2D eigenvalue weighted by Gasteiger charge is -2.22. The van der Waals surface area contributed by atoms with Crippen LogP contribution in [-0.2, 0) is 4.74 Å². The van der Waals surface area contributed by atoms with Crippen LogP contribution < -0.4 is 11.1 Å². The van der Waals surface area contributed by atoms with Crippen LogP contribution in [0.15, 0.2) is 12.1 Å². The highest BCUT2D eigenvalue weighted by molar-refractivity contribution is 6.31. The molecule has 0 spiro atoms. The lowest BCUT2D eigenvalue weighted by atomic mass is 10.1. The van der Waals surface area contributed by atoms with Gasteiger partial charge in [0, 0.05) is 19.2 Å². The highest BCUT2D eigenvalue weighted by Crippen LogP contribution is 2.26. The summed E-state index contributed by atoms with van der Waals surface area (Å²) in [6, 6.07) is 2.76. The Labute approximate surface area is 111 Å². The lowest BCUT2D eigenvalue weighted by molar-refractivity contribution is 0.0134. The average molecular weight is 273 g/mol. The molecule has 1 atom stereocenters. The third-order valence-corrected chi connectivity index (χ3v) is 3.44. The van der Waals surface area contributed by atoms with E-state index < -0.39 is 5.82 Å². The smallest absolute Gasteiger partial charge is 0.143 e. The topological polar surface area (TPSA) is 47.3 Å². The van der Waals surface area contributed by atoms with E-state index in [0.717, 1.165) is 32.4 Å². The fourth-order valence-electron chi connectivity index (χ4n) is 2.12. The zero-order valence-electron chi connectivity index (χ0n) is 10.2. The second-order valence-electron chi connectivity index (χ2n) is 4.56. The van der Waals surface area contributed by atoms with Gasteiger partial charge in [-0.1, -0.05) is 11.6 Å². The number of hydrogen-bond donors (Lipinski definition) is 2. The summed E-state index contributed by atoms with van der Waals surface area (Å²) < 4.78 is 18.7. The Hall–Kier alpha value is -1.00. The number of nitrogens with one attached hydrogen (secondary N) is 1. The molecule has 0 radical (unpaired) electrons. The SMILES string of the molecule is Nc1cc(F)c(Cl)cc1NCCC1CCCCO1. The number of halogens is 2. The summed E-state index contributed by atoms with van der Waals surface area (Å²) in [7, 11) is 0. The maximum absolute atomic E-state index is 13.1. The molecule has 0 aliphatic carbocycles. The van der Waals surface area contributed by atoms with Gasteiger partial charge >= 0.3 is 0 Å². The Kier molecular flexibility index (Phi) is 4.66. The van der Waals surface area contributed by atoms with Gasteiger partial charge in [0.1, 0.15) is 5.82 Å². The number of hydrogen-bond acceptors (Lipinski definition) is 3. The first-order valence-corrected chi connectivity index (χ1v) is 6.64. The van der Waals surface area contributed by atoms with Crippen molar-refractivity contribution in [3.63, 3.8) is 0 Å². The molecule has 1 fully saturated rings. The van der Waals surface area contributed by atoms with Gasteiger partial charge in [-0.2, -0.15) is 0 Å². The van der Waals surface area contributed by atoms with Gasteiger partial charge in [-0.15, -0.1) is 0 Å². The summed E-state index contributed by atoms with van der Waals surface area (Å²) in [6.45, 7) is 1.60. The minimum Gasteiger partial charge on any atom is -0.397 e. The van der Waals surface area contributed by atoms with Crippen molar-refractivity contribution in [2.75, 3.05) is 24.2 Å². The largest absolute Gasteiger partial charge is 0.397 e. The van der Waals surface area contributed by atoms with Gasteiger partial charge in [-0.25, -0.2) is 4.39 Å². The molecule has 1 unspecified atom stereocenters. The molecule has 2 rings (SSSR count). The molecular formula is C13H18ClFN2O.